The van der Waals surface area contributed by atoms with E-state index in [4.69, 9.17) is 10.2 Å². The minimum atomic E-state index is 0.179. The maximum absolute atomic E-state index is 9.11. The molecule has 2 aliphatic rings. The molecule has 3 aromatic rings. The largest absolute Gasteiger partial charge is 0.366 e. The van der Waals surface area contributed by atoms with Crippen LogP contribution in [0, 0.1) is 11.3 Å². The quantitative estimate of drug-likeness (QED) is 0.763. The third-order valence-electron chi connectivity index (χ3n) is 5.75. The molecule has 1 unspecified atom stereocenters. The van der Waals surface area contributed by atoms with Gasteiger partial charge >= 0.3 is 0 Å². The van der Waals surface area contributed by atoms with Gasteiger partial charge in [0, 0.05) is 30.1 Å². The highest BCUT2D eigenvalue weighted by Crippen LogP contribution is 2.44. The number of nitrogens with one attached hydrogen (secondary N) is 2. The van der Waals surface area contributed by atoms with Crippen molar-refractivity contribution in [3.63, 3.8) is 0 Å². The van der Waals surface area contributed by atoms with Crippen molar-refractivity contribution in [1.29, 1.82) is 5.26 Å². The molecule has 1 saturated heterocycles. The number of benzene rings is 1. The van der Waals surface area contributed by atoms with Gasteiger partial charge in [0.05, 0.1) is 23.5 Å². The lowest BCUT2D eigenvalue weighted by Crippen LogP contribution is -2.27. The molecule has 2 N–H and O–H groups in total. The second-order valence-corrected chi connectivity index (χ2v) is 7.26. The van der Waals surface area contributed by atoms with E-state index < -0.39 is 0 Å². The van der Waals surface area contributed by atoms with E-state index in [0.717, 1.165) is 49.4 Å². The van der Waals surface area contributed by atoms with E-state index in [-0.39, 0.29) is 5.41 Å². The van der Waals surface area contributed by atoms with Crippen LogP contribution >= 0.6 is 0 Å². The van der Waals surface area contributed by atoms with Crippen LogP contribution in [0.15, 0.2) is 36.5 Å². The molecule has 26 heavy (non-hydrogen) atoms. The molecule has 1 fully saturated rings. The lowest BCUT2D eigenvalue weighted by atomic mass is 9.84. The Morgan fingerprint density at radius 3 is 3.12 bits per heavy atom. The highest BCUT2D eigenvalue weighted by atomic mass is 15.3. The molecule has 0 amide bonds. The van der Waals surface area contributed by atoms with Gasteiger partial charge in [-0.05, 0) is 43.5 Å². The van der Waals surface area contributed by atoms with Gasteiger partial charge in [-0.3, -0.25) is 0 Å². The SMILES string of the molecule is N#Cc1cccc(CNc2c3c(nc4ccnn24)C2(CCNC2)CC3)c1. The molecule has 6 heteroatoms. The molecule has 1 atom stereocenters. The van der Waals surface area contributed by atoms with Crippen molar-refractivity contribution in [2.45, 2.75) is 31.2 Å². The lowest BCUT2D eigenvalue weighted by Gasteiger charge is -2.23. The Morgan fingerprint density at radius 2 is 2.27 bits per heavy atom. The van der Waals surface area contributed by atoms with Gasteiger partial charge in [0.1, 0.15) is 5.82 Å². The highest BCUT2D eigenvalue weighted by Gasteiger charge is 2.44. The number of hydrogen-bond acceptors (Lipinski definition) is 5. The summed E-state index contributed by atoms with van der Waals surface area (Å²) in [5.41, 5.74) is 5.38. The number of nitrogens with zero attached hydrogens (tertiary/aromatic N) is 4. The van der Waals surface area contributed by atoms with Crippen LogP contribution in [-0.2, 0) is 18.4 Å². The summed E-state index contributed by atoms with van der Waals surface area (Å²) in [4.78, 5) is 4.97. The fourth-order valence-corrected chi connectivity index (χ4v) is 4.41. The summed E-state index contributed by atoms with van der Waals surface area (Å²) < 4.78 is 1.91. The van der Waals surface area contributed by atoms with Crippen LogP contribution in [0.1, 0.15) is 35.2 Å². The van der Waals surface area contributed by atoms with E-state index in [0.29, 0.717) is 12.1 Å². The van der Waals surface area contributed by atoms with E-state index in [1.807, 2.05) is 34.8 Å². The Hall–Kier alpha value is -2.91. The zero-order chi connectivity index (χ0) is 17.6. The smallest absolute Gasteiger partial charge is 0.157 e. The number of anilines is 1. The number of nitriles is 1. The van der Waals surface area contributed by atoms with Crippen LogP contribution in [-0.4, -0.2) is 27.7 Å². The Kier molecular flexibility index (Phi) is 3.44. The van der Waals surface area contributed by atoms with Crippen LogP contribution in [0.2, 0.25) is 0 Å². The van der Waals surface area contributed by atoms with Crippen molar-refractivity contribution >= 4 is 11.5 Å². The predicted molar refractivity (Wildman–Crippen MR) is 99.0 cm³/mol. The van der Waals surface area contributed by atoms with Crippen LogP contribution in [0.3, 0.4) is 0 Å². The third kappa shape index (κ3) is 2.28. The van der Waals surface area contributed by atoms with Gasteiger partial charge in [-0.25, -0.2) is 4.98 Å². The lowest BCUT2D eigenvalue weighted by molar-refractivity contribution is 0.458. The molecular weight excluding hydrogens is 324 g/mol. The monoisotopic (exact) mass is 344 g/mol. The molecule has 3 heterocycles. The van der Waals surface area contributed by atoms with Crippen LogP contribution in [0.5, 0.6) is 0 Å². The molecule has 1 aliphatic carbocycles. The Morgan fingerprint density at radius 1 is 1.31 bits per heavy atom. The molecule has 130 valence electrons. The normalized spacial score (nSPS) is 21.2. The van der Waals surface area contributed by atoms with Gasteiger partial charge in [0.2, 0.25) is 0 Å². The first-order valence-electron chi connectivity index (χ1n) is 9.10. The zero-order valence-electron chi connectivity index (χ0n) is 14.5. The first kappa shape index (κ1) is 15.4. The minimum Gasteiger partial charge on any atom is -0.366 e. The van der Waals surface area contributed by atoms with Crippen LogP contribution < -0.4 is 10.6 Å². The average molecular weight is 344 g/mol. The van der Waals surface area contributed by atoms with Gasteiger partial charge in [0.15, 0.2) is 5.65 Å². The van der Waals surface area contributed by atoms with E-state index in [9.17, 15) is 0 Å². The maximum atomic E-state index is 9.11. The van der Waals surface area contributed by atoms with Crippen molar-refractivity contribution in [2.75, 3.05) is 18.4 Å². The maximum Gasteiger partial charge on any atom is 0.157 e. The molecule has 6 nitrogen and oxygen atoms in total. The number of rotatable bonds is 3. The van der Waals surface area contributed by atoms with Gasteiger partial charge in [-0.2, -0.15) is 14.9 Å². The molecule has 1 aliphatic heterocycles. The molecule has 1 aromatic carbocycles. The molecule has 0 bridgehead atoms. The topological polar surface area (TPSA) is 78.0 Å². The summed E-state index contributed by atoms with van der Waals surface area (Å²) >= 11 is 0. The summed E-state index contributed by atoms with van der Waals surface area (Å²) in [6.45, 7) is 2.74. The minimum absolute atomic E-state index is 0.179. The van der Waals surface area contributed by atoms with Crippen molar-refractivity contribution in [2.24, 2.45) is 0 Å². The first-order chi connectivity index (χ1) is 12.8. The predicted octanol–water partition coefficient (Wildman–Crippen LogP) is 2.39. The van der Waals surface area contributed by atoms with Gasteiger partial charge in [-0.1, -0.05) is 12.1 Å². The second kappa shape index (κ2) is 5.82. The van der Waals surface area contributed by atoms with Crippen LogP contribution in [0.25, 0.3) is 5.65 Å². The van der Waals surface area contributed by atoms with Crippen molar-refractivity contribution in [3.8, 4) is 6.07 Å². The first-order valence-corrected chi connectivity index (χ1v) is 9.10. The number of aromatic nitrogens is 3. The summed E-state index contributed by atoms with van der Waals surface area (Å²) in [5.74, 6) is 1.04. The fourth-order valence-electron chi connectivity index (χ4n) is 4.41. The zero-order valence-corrected chi connectivity index (χ0v) is 14.5. The Balaban J connectivity index is 1.55. The Bertz CT molecular complexity index is 1020. The molecule has 5 rings (SSSR count). The van der Waals surface area contributed by atoms with Gasteiger partial charge in [-0.15, -0.1) is 0 Å². The van der Waals surface area contributed by atoms with E-state index >= 15 is 0 Å². The van der Waals surface area contributed by atoms with E-state index in [1.54, 1.807) is 6.20 Å². The third-order valence-corrected chi connectivity index (χ3v) is 5.75. The van der Waals surface area contributed by atoms with Crippen molar-refractivity contribution in [3.05, 3.63) is 58.9 Å². The summed E-state index contributed by atoms with van der Waals surface area (Å²) in [7, 11) is 0. The fraction of sp³-hybridized carbons (Fsp3) is 0.350. The standard InChI is InChI=1S/C20H20N6/c21-11-14-2-1-3-15(10-14)12-23-19-16-4-6-20(7-9-22-13-20)18(16)25-17-5-8-24-26(17)19/h1-3,5,8,10,22-23H,4,6-7,9,12-13H2. The van der Waals surface area contributed by atoms with Crippen molar-refractivity contribution in [1.82, 2.24) is 19.9 Å². The van der Waals surface area contributed by atoms with E-state index in [1.165, 1.54) is 11.3 Å². The molecule has 1 spiro atoms. The molecule has 0 saturated carbocycles. The highest BCUT2D eigenvalue weighted by molar-refractivity contribution is 5.59. The summed E-state index contributed by atoms with van der Waals surface area (Å²) in [6.07, 6.45) is 5.13. The second-order valence-electron chi connectivity index (χ2n) is 7.26. The van der Waals surface area contributed by atoms with Gasteiger partial charge in [0.25, 0.3) is 0 Å². The summed E-state index contributed by atoms with van der Waals surface area (Å²) in [6, 6.07) is 11.9. The van der Waals surface area contributed by atoms with Gasteiger partial charge < -0.3 is 10.6 Å². The number of fused-ring (bicyclic) bond motifs is 3. The van der Waals surface area contributed by atoms with Crippen molar-refractivity contribution < 1.29 is 0 Å². The van der Waals surface area contributed by atoms with Crippen LogP contribution in [0.4, 0.5) is 5.82 Å². The molecule has 0 radical (unpaired) electrons. The molecule has 2 aromatic heterocycles. The number of hydrogen-bond donors (Lipinski definition) is 2. The Labute approximate surface area is 151 Å². The molecular formula is C20H20N6. The summed E-state index contributed by atoms with van der Waals surface area (Å²) in [5, 5.41) is 20.7. The average Bonchev–Trinajstić information content (AvgIpc) is 3.41. The van der Waals surface area contributed by atoms with E-state index in [2.05, 4.69) is 21.8 Å².